The summed E-state index contributed by atoms with van der Waals surface area (Å²) in [6.07, 6.45) is 0. The van der Waals surface area contributed by atoms with Gasteiger partial charge in [-0.25, -0.2) is 0 Å². The molecule has 0 atom stereocenters. The van der Waals surface area contributed by atoms with Crippen LogP contribution in [0.4, 0.5) is 17.1 Å². The summed E-state index contributed by atoms with van der Waals surface area (Å²) in [5.74, 6) is 3.76. The predicted molar refractivity (Wildman–Crippen MR) is 246 cm³/mol. The van der Waals surface area contributed by atoms with E-state index in [2.05, 4.69) is 150 Å². The molecular weight excluding hydrogens is 917 g/mol. The van der Waals surface area contributed by atoms with Gasteiger partial charge in [-0.2, -0.15) is 0 Å². The van der Waals surface area contributed by atoms with Gasteiger partial charge in [0.2, 0.25) is 0 Å². The van der Waals surface area contributed by atoms with Gasteiger partial charge in [0.15, 0.2) is 11.5 Å². The molecular formula is C49H35BBr3NO4. The number of ether oxygens (including phenoxy) is 2. The maximum atomic E-state index is 8.58. The van der Waals surface area contributed by atoms with E-state index in [-0.39, 0.29) is 5.92 Å². The second kappa shape index (κ2) is 18.0. The molecule has 2 aliphatic heterocycles. The van der Waals surface area contributed by atoms with Crippen LogP contribution in [-0.4, -0.2) is 17.2 Å². The molecule has 2 aliphatic rings. The summed E-state index contributed by atoms with van der Waals surface area (Å²) >= 11 is 10.9. The number of nitrogens with zero attached hydrogens (tertiary/aromatic N) is 1. The zero-order chi connectivity index (χ0) is 40.0. The Bertz CT molecular complexity index is 2570. The molecule has 0 saturated carbocycles. The molecule has 10 rings (SSSR count). The Morgan fingerprint density at radius 3 is 1.41 bits per heavy atom. The van der Waals surface area contributed by atoms with Crippen molar-refractivity contribution >= 4 is 77.4 Å². The normalized spacial score (nSPS) is 12.1. The van der Waals surface area contributed by atoms with Crippen LogP contribution in [0.2, 0.25) is 0 Å². The molecule has 0 spiro atoms. The largest absolute Gasteiger partial charge is 0.488 e. The van der Waals surface area contributed by atoms with Gasteiger partial charge in [0.1, 0.15) is 11.5 Å². The third kappa shape index (κ3) is 8.84. The van der Waals surface area contributed by atoms with Crippen LogP contribution < -0.4 is 19.8 Å². The van der Waals surface area contributed by atoms with Crippen LogP contribution in [0.25, 0.3) is 11.1 Å². The van der Waals surface area contributed by atoms with Gasteiger partial charge in [-0.05, 0) is 94.9 Å². The van der Waals surface area contributed by atoms with Crippen molar-refractivity contribution in [3.05, 3.63) is 224 Å². The molecule has 5 nitrogen and oxygen atoms in total. The Balaban J connectivity index is 0.000000136. The average molecular weight is 952 g/mol. The predicted octanol–water partition coefficient (Wildman–Crippen LogP) is 13.6. The molecule has 0 saturated heterocycles. The molecule has 0 aromatic heterocycles. The lowest BCUT2D eigenvalue weighted by Crippen LogP contribution is -2.29. The Morgan fingerprint density at radius 2 is 0.879 bits per heavy atom. The minimum absolute atomic E-state index is 0.176. The third-order valence-electron chi connectivity index (χ3n) is 9.68. The molecule has 284 valence electrons. The lowest BCUT2D eigenvalue weighted by atomic mass is 9.81. The van der Waals surface area contributed by atoms with E-state index in [1.54, 1.807) is 24.3 Å². The zero-order valence-electron chi connectivity index (χ0n) is 30.9. The molecule has 0 aliphatic carbocycles. The molecule has 8 aromatic rings. The molecule has 0 fully saturated rings. The fourth-order valence-electron chi connectivity index (χ4n) is 7.12. The van der Waals surface area contributed by atoms with E-state index < -0.39 is 7.12 Å². The van der Waals surface area contributed by atoms with Crippen LogP contribution in [0, 0.1) is 0 Å². The van der Waals surface area contributed by atoms with Gasteiger partial charge in [-0.15, -0.1) is 0 Å². The van der Waals surface area contributed by atoms with Crippen LogP contribution in [-0.2, 0) is 0 Å². The molecule has 2 N–H and O–H groups in total. The fourth-order valence-corrected chi connectivity index (χ4v) is 8.93. The van der Waals surface area contributed by atoms with Gasteiger partial charge >= 0.3 is 7.12 Å². The Kier molecular flexibility index (Phi) is 12.2. The number of para-hydroxylation sites is 6. The zero-order valence-corrected chi connectivity index (χ0v) is 35.7. The molecule has 58 heavy (non-hydrogen) atoms. The monoisotopic (exact) mass is 949 g/mol. The Morgan fingerprint density at radius 1 is 0.431 bits per heavy atom. The first-order valence-electron chi connectivity index (χ1n) is 18.6. The Hall–Kier alpha value is -5.42. The van der Waals surface area contributed by atoms with E-state index in [0.29, 0.717) is 5.46 Å². The van der Waals surface area contributed by atoms with Crippen molar-refractivity contribution in [1.82, 2.24) is 0 Å². The van der Waals surface area contributed by atoms with Gasteiger partial charge in [-0.3, -0.25) is 0 Å². The van der Waals surface area contributed by atoms with Crippen molar-refractivity contribution in [2.45, 2.75) is 5.92 Å². The summed E-state index contributed by atoms with van der Waals surface area (Å²) in [4.78, 5) is 2.26. The molecule has 0 radical (unpaired) electrons. The van der Waals surface area contributed by atoms with Crippen molar-refractivity contribution < 1.29 is 19.5 Å². The van der Waals surface area contributed by atoms with Crippen molar-refractivity contribution in [3.8, 4) is 34.1 Å². The lowest BCUT2D eigenvalue weighted by molar-refractivity contribution is 0.426. The minimum atomic E-state index is -1.34. The molecule has 8 aromatic carbocycles. The van der Waals surface area contributed by atoms with Gasteiger partial charge in [0, 0.05) is 36.2 Å². The SMILES string of the molecule is Brc1cc(-c2ccccc2)cc(N2c3ccccc3Oc3ccccc32)c1.Brc1cc(Br)cc(C2c3ccccc3Oc3ccccc32)c1.OB(O)c1ccccc1. The highest BCUT2D eigenvalue weighted by Gasteiger charge is 2.29. The first kappa shape index (κ1) is 39.4. The molecule has 0 amide bonds. The minimum Gasteiger partial charge on any atom is -0.457 e. The van der Waals surface area contributed by atoms with Crippen LogP contribution >= 0.6 is 47.8 Å². The topological polar surface area (TPSA) is 62.2 Å². The summed E-state index contributed by atoms with van der Waals surface area (Å²) in [5.41, 5.74) is 9.68. The van der Waals surface area contributed by atoms with Crippen molar-refractivity contribution in [3.63, 3.8) is 0 Å². The van der Waals surface area contributed by atoms with E-state index in [9.17, 15) is 0 Å². The van der Waals surface area contributed by atoms with Gasteiger partial charge in [0.05, 0.1) is 11.4 Å². The van der Waals surface area contributed by atoms with Gasteiger partial charge in [-0.1, -0.05) is 169 Å². The summed E-state index contributed by atoms with van der Waals surface area (Å²) in [6, 6.07) is 64.8. The fraction of sp³-hybridized carbons (Fsp3) is 0.0204. The number of benzene rings is 8. The smallest absolute Gasteiger partial charge is 0.457 e. The average Bonchev–Trinajstić information content (AvgIpc) is 3.25. The maximum Gasteiger partial charge on any atom is 0.488 e. The van der Waals surface area contributed by atoms with E-state index in [1.807, 2.05) is 72.8 Å². The summed E-state index contributed by atoms with van der Waals surface area (Å²) < 4.78 is 15.4. The van der Waals surface area contributed by atoms with E-state index in [0.717, 1.165) is 53.5 Å². The highest BCUT2D eigenvalue weighted by atomic mass is 79.9. The number of halogens is 3. The Labute approximate surface area is 363 Å². The van der Waals surface area contributed by atoms with E-state index in [1.165, 1.54) is 27.8 Å². The first-order valence-corrected chi connectivity index (χ1v) is 20.9. The van der Waals surface area contributed by atoms with Crippen molar-refractivity contribution in [2.75, 3.05) is 4.90 Å². The third-order valence-corrected chi connectivity index (χ3v) is 11.0. The second-order valence-corrected chi connectivity index (χ2v) is 16.3. The van der Waals surface area contributed by atoms with Gasteiger partial charge in [0.25, 0.3) is 0 Å². The molecule has 0 unspecified atom stereocenters. The van der Waals surface area contributed by atoms with Crippen LogP contribution in [0.3, 0.4) is 0 Å². The molecule has 0 bridgehead atoms. The highest BCUT2D eigenvalue weighted by molar-refractivity contribution is 9.11. The van der Waals surface area contributed by atoms with E-state index >= 15 is 0 Å². The number of fused-ring (bicyclic) bond motifs is 4. The second-order valence-electron chi connectivity index (χ2n) is 13.5. The summed E-state index contributed by atoms with van der Waals surface area (Å²) in [6.45, 7) is 0. The number of hydrogen-bond donors (Lipinski definition) is 2. The van der Waals surface area contributed by atoms with Crippen molar-refractivity contribution in [1.29, 1.82) is 0 Å². The van der Waals surface area contributed by atoms with Gasteiger partial charge < -0.3 is 24.4 Å². The van der Waals surface area contributed by atoms with Crippen LogP contribution in [0.1, 0.15) is 22.6 Å². The summed E-state index contributed by atoms with van der Waals surface area (Å²) in [5, 5.41) is 17.2. The maximum absolute atomic E-state index is 8.58. The molecule has 2 heterocycles. The summed E-state index contributed by atoms with van der Waals surface area (Å²) in [7, 11) is -1.34. The number of hydrogen-bond acceptors (Lipinski definition) is 5. The number of rotatable bonds is 4. The van der Waals surface area contributed by atoms with Crippen LogP contribution in [0.5, 0.6) is 23.0 Å². The number of anilines is 3. The first-order chi connectivity index (χ1) is 28.3. The standard InChI is InChI=1S/C24H16BrNO.C19H12Br2O.C6H7BO2/c25-19-14-18(17-8-2-1-3-9-17)15-20(16-19)26-21-10-4-6-12-23(21)27-24-13-7-5-11-22(24)26;20-13-9-12(10-14(21)11-13)19-15-5-1-3-7-17(15)22-18-8-4-2-6-16(18)19;8-7(9)6-4-2-1-3-5-6/h1-16H;1-11,19H;1-5,8-9H. The highest BCUT2D eigenvalue weighted by Crippen LogP contribution is 2.51. The lowest BCUT2D eigenvalue weighted by Gasteiger charge is -2.33. The van der Waals surface area contributed by atoms with Crippen LogP contribution in [0.15, 0.2) is 208 Å². The van der Waals surface area contributed by atoms with E-state index in [4.69, 9.17) is 19.5 Å². The quantitative estimate of drug-likeness (QED) is 0.172. The molecule has 9 heteroatoms. The van der Waals surface area contributed by atoms with Crippen molar-refractivity contribution in [2.24, 2.45) is 0 Å².